The molecule has 0 N–H and O–H groups in total. The summed E-state index contributed by atoms with van der Waals surface area (Å²) in [5.74, 6) is 0.582. The molecule has 0 radical (unpaired) electrons. The van der Waals surface area contributed by atoms with Crippen LogP contribution in [0.3, 0.4) is 0 Å². The van der Waals surface area contributed by atoms with Crippen LogP contribution in [-0.4, -0.2) is 9.55 Å². The average Bonchev–Trinajstić information content (AvgIpc) is 2.30. The van der Waals surface area contributed by atoms with Crippen molar-refractivity contribution >= 4 is 11.0 Å². The van der Waals surface area contributed by atoms with Gasteiger partial charge in [-0.15, -0.1) is 0 Å². The summed E-state index contributed by atoms with van der Waals surface area (Å²) in [7, 11) is 0. The van der Waals surface area contributed by atoms with Gasteiger partial charge >= 0.3 is 0 Å². The van der Waals surface area contributed by atoms with E-state index in [4.69, 9.17) is 0 Å². The fraction of sp³-hybridized carbons (Fsp3) is 0.467. The number of aromatic nitrogens is 2. The predicted molar refractivity (Wildman–Crippen MR) is 74.9 cm³/mol. The molecule has 2 aromatic heterocycles. The highest BCUT2D eigenvalue weighted by Gasteiger charge is 2.07. The number of aryl methyl sites for hydroxylation is 3. The van der Waals surface area contributed by atoms with E-state index in [1.165, 1.54) is 0 Å². The van der Waals surface area contributed by atoms with Crippen LogP contribution in [0.25, 0.3) is 11.0 Å². The summed E-state index contributed by atoms with van der Waals surface area (Å²) in [6.07, 6.45) is 0.994. The maximum atomic E-state index is 12.0. The van der Waals surface area contributed by atoms with E-state index < -0.39 is 0 Å². The number of hydrogen-bond acceptors (Lipinski definition) is 2. The molecule has 96 valence electrons. The van der Waals surface area contributed by atoms with E-state index in [1.807, 2.05) is 19.9 Å². The maximum Gasteiger partial charge on any atom is 0.252 e. The second kappa shape index (κ2) is 4.92. The molecule has 18 heavy (non-hydrogen) atoms. The first-order chi connectivity index (χ1) is 8.49. The second-order valence-corrected chi connectivity index (χ2v) is 5.31. The lowest BCUT2D eigenvalue weighted by molar-refractivity contribution is 0.515. The van der Waals surface area contributed by atoms with Crippen LogP contribution in [0.2, 0.25) is 0 Å². The predicted octanol–water partition coefficient (Wildman–Crippen LogP) is 3.06. The highest BCUT2D eigenvalue weighted by molar-refractivity contribution is 5.76. The number of rotatable bonds is 3. The summed E-state index contributed by atoms with van der Waals surface area (Å²) in [5.41, 5.74) is 3.01. The minimum absolute atomic E-state index is 0.0407. The summed E-state index contributed by atoms with van der Waals surface area (Å²) >= 11 is 0. The topological polar surface area (TPSA) is 34.9 Å². The minimum Gasteiger partial charge on any atom is -0.293 e. The van der Waals surface area contributed by atoms with Crippen molar-refractivity contribution in [3.8, 4) is 0 Å². The Bertz CT molecular complexity index is 626. The van der Waals surface area contributed by atoms with Gasteiger partial charge in [0.25, 0.3) is 5.56 Å². The standard InChI is InChI=1S/C15H20N2O/c1-10(2)7-8-17-14(18)6-5-13-9-11(3)12(4)16-15(13)17/h5-6,9-10H,7-8H2,1-4H3. The highest BCUT2D eigenvalue weighted by Crippen LogP contribution is 2.15. The zero-order valence-corrected chi connectivity index (χ0v) is 11.5. The van der Waals surface area contributed by atoms with Gasteiger partial charge in [0, 0.05) is 23.7 Å². The third-order valence-corrected chi connectivity index (χ3v) is 3.33. The smallest absolute Gasteiger partial charge is 0.252 e. The third-order valence-electron chi connectivity index (χ3n) is 3.33. The molecule has 0 aliphatic rings. The van der Waals surface area contributed by atoms with Gasteiger partial charge in [-0.2, -0.15) is 0 Å². The van der Waals surface area contributed by atoms with Crippen molar-refractivity contribution in [2.45, 2.75) is 40.7 Å². The Hall–Kier alpha value is -1.64. The quantitative estimate of drug-likeness (QED) is 0.831. The molecule has 2 heterocycles. The number of pyridine rings is 2. The highest BCUT2D eigenvalue weighted by atomic mass is 16.1. The molecule has 0 saturated carbocycles. The van der Waals surface area contributed by atoms with E-state index in [0.717, 1.165) is 35.3 Å². The first-order valence-electron chi connectivity index (χ1n) is 6.47. The van der Waals surface area contributed by atoms with Gasteiger partial charge in [0.05, 0.1) is 0 Å². The lowest BCUT2D eigenvalue weighted by Gasteiger charge is -2.12. The van der Waals surface area contributed by atoms with Crippen molar-refractivity contribution in [3.05, 3.63) is 39.8 Å². The molecule has 0 saturated heterocycles. The fourth-order valence-corrected chi connectivity index (χ4v) is 2.01. The maximum absolute atomic E-state index is 12.0. The van der Waals surface area contributed by atoms with Crippen LogP contribution in [0, 0.1) is 19.8 Å². The van der Waals surface area contributed by atoms with E-state index in [2.05, 4.69) is 24.9 Å². The lowest BCUT2D eigenvalue weighted by atomic mass is 10.1. The molecular formula is C15H20N2O. The molecule has 2 rings (SSSR count). The summed E-state index contributed by atoms with van der Waals surface area (Å²) in [5, 5.41) is 1.04. The average molecular weight is 244 g/mol. The van der Waals surface area contributed by atoms with Crippen molar-refractivity contribution in [1.82, 2.24) is 9.55 Å². The Morgan fingerprint density at radius 1 is 1.28 bits per heavy atom. The van der Waals surface area contributed by atoms with Crippen LogP contribution < -0.4 is 5.56 Å². The van der Waals surface area contributed by atoms with Gasteiger partial charge in [-0.3, -0.25) is 9.36 Å². The monoisotopic (exact) mass is 244 g/mol. The summed E-state index contributed by atoms with van der Waals surface area (Å²) in [4.78, 5) is 16.5. The first-order valence-corrected chi connectivity index (χ1v) is 6.47. The van der Waals surface area contributed by atoms with E-state index in [1.54, 1.807) is 10.6 Å². The van der Waals surface area contributed by atoms with Crippen LogP contribution in [0.4, 0.5) is 0 Å². The molecule has 0 bridgehead atoms. The molecular weight excluding hydrogens is 224 g/mol. The van der Waals surface area contributed by atoms with Crippen LogP contribution >= 0.6 is 0 Å². The normalized spacial score (nSPS) is 11.4. The number of nitrogens with zero attached hydrogens (tertiary/aromatic N) is 2. The third kappa shape index (κ3) is 2.45. The molecule has 0 aliphatic heterocycles. The van der Waals surface area contributed by atoms with Crippen LogP contribution in [0.5, 0.6) is 0 Å². The van der Waals surface area contributed by atoms with Gasteiger partial charge in [-0.1, -0.05) is 13.8 Å². The largest absolute Gasteiger partial charge is 0.293 e. The van der Waals surface area contributed by atoms with E-state index in [-0.39, 0.29) is 5.56 Å². The van der Waals surface area contributed by atoms with E-state index in [9.17, 15) is 4.79 Å². The number of fused-ring (bicyclic) bond motifs is 1. The van der Waals surface area contributed by atoms with Crippen molar-refractivity contribution < 1.29 is 0 Å². The van der Waals surface area contributed by atoms with E-state index >= 15 is 0 Å². The van der Waals surface area contributed by atoms with Crippen molar-refractivity contribution in [3.63, 3.8) is 0 Å². The Labute approximate surface area is 107 Å². The lowest BCUT2D eigenvalue weighted by Crippen LogP contribution is -2.21. The fourth-order valence-electron chi connectivity index (χ4n) is 2.01. The molecule has 3 nitrogen and oxygen atoms in total. The number of hydrogen-bond donors (Lipinski definition) is 0. The van der Waals surface area contributed by atoms with Gasteiger partial charge in [-0.25, -0.2) is 4.98 Å². The molecule has 0 amide bonds. The van der Waals surface area contributed by atoms with Crippen LogP contribution in [0.1, 0.15) is 31.5 Å². The Morgan fingerprint density at radius 2 is 2.00 bits per heavy atom. The Kier molecular flexibility index (Phi) is 3.50. The van der Waals surface area contributed by atoms with Gasteiger partial charge in [-0.05, 0) is 43.9 Å². The Morgan fingerprint density at radius 3 is 2.67 bits per heavy atom. The molecule has 2 aromatic rings. The van der Waals surface area contributed by atoms with Gasteiger partial charge < -0.3 is 0 Å². The van der Waals surface area contributed by atoms with Crippen molar-refractivity contribution in [1.29, 1.82) is 0 Å². The summed E-state index contributed by atoms with van der Waals surface area (Å²) in [6, 6.07) is 5.60. The molecule has 0 atom stereocenters. The molecule has 0 fully saturated rings. The molecule has 0 spiro atoms. The zero-order valence-electron chi connectivity index (χ0n) is 11.5. The summed E-state index contributed by atoms with van der Waals surface area (Å²) < 4.78 is 1.79. The van der Waals surface area contributed by atoms with Gasteiger partial charge in [0.15, 0.2) is 0 Å². The van der Waals surface area contributed by atoms with Gasteiger partial charge in [0.2, 0.25) is 0 Å². The van der Waals surface area contributed by atoms with Crippen LogP contribution in [0.15, 0.2) is 23.0 Å². The first kappa shape index (κ1) is 12.8. The van der Waals surface area contributed by atoms with Crippen LogP contribution in [-0.2, 0) is 6.54 Å². The SMILES string of the molecule is Cc1cc2ccc(=O)n(CCC(C)C)c2nc1C. The molecule has 3 heteroatoms. The van der Waals surface area contributed by atoms with Gasteiger partial charge in [0.1, 0.15) is 5.65 Å². The molecule has 0 aliphatic carbocycles. The second-order valence-electron chi connectivity index (χ2n) is 5.31. The molecule has 0 aromatic carbocycles. The Balaban J connectivity index is 2.59. The zero-order chi connectivity index (χ0) is 13.3. The van der Waals surface area contributed by atoms with E-state index in [0.29, 0.717) is 5.92 Å². The van der Waals surface area contributed by atoms with Crippen molar-refractivity contribution in [2.24, 2.45) is 5.92 Å². The minimum atomic E-state index is 0.0407. The molecule has 0 unspecified atom stereocenters. The van der Waals surface area contributed by atoms with Crippen molar-refractivity contribution in [2.75, 3.05) is 0 Å². The summed E-state index contributed by atoms with van der Waals surface area (Å²) in [6.45, 7) is 9.10.